The Kier molecular flexibility index (Phi) is 6.26. The Hall–Kier alpha value is -2.82. The Labute approximate surface area is 165 Å². The molecule has 9 nitrogen and oxygen atoms in total. The molecule has 0 unspecified atom stereocenters. The highest BCUT2D eigenvalue weighted by Gasteiger charge is 2.45. The average molecular weight is 406 g/mol. The summed E-state index contributed by atoms with van der Waals surface area (Å²) in [4.78, 5) is 0. The minimum absolute atomic E-state index is 0.101. The summed E-state index contributed by atoms with van der Waals surface area (Å²) in [6, 6.07) is 8.60. The van der Waals surface area contributed by atoms with Gasteiger partial charge in [0.25, 0.3) is 0 Å². The van der Waals surface area contributed by atoms with Crippen LogP contribution in [0.25, 0.3) is 12.2 Å². The maximum absolute atomic E-state index is 10.2. The van der Waals surface area contributed by atoms with Crippen molar-refractivity contribution in [3.63, 3.8) is 0 Å². The van der Waals surface area contributed by atoms with Gasteiger partial charge in [-0.2, -0.15) is 0 Å². The van der Waals surface area contributed by atoms with Gasteiger partial charge in [-0.15, -0.1) is 0 Å². The van der Waals surface area contributed by atoms with Crippen molar-refractivity contribution < 1.29 is 45.2 Å². The van der Waals surface area contributed by atoms with Crippen molar-refractivity contribution in [3.05, 3.63) is 47.5 Å². The Morgan fingerprint density at radius 2 is 1.55 bits per heavy atom. The van der Waals surface area contributed by atoms with Gasteiger partial charge in [-0.25, -0.2) is 0 Å². The van der Waals surface area contributed by atoms with Crippen LogP contribution >= 0.6 is 0 Å². The van der Waals surface area contributed by atoms with E-state index in [0.717, 1.165) is 6.07 Å². The summed E-state index contributed by atoms with van der Waals surface area (Å²) < 4.78 is 10.8. The van der Waals surface area contributed by atoms with Gasteiger partial charge in [0.05, 0.1) is 6.61 Å². The van der Waals surface area contributed by atoms with Crippen molar-refractivity contribution in [1.82, 2.24) is 0 Å². The second-order valence-corrected chi connectivity index (χ2v) is 6.62. The third-order valence-electron chi connectivity index (χ3n) is 4.51. The molecule has 3 rings (SSSR count). The number of aliphatic hydroxyl groups is 4. The van der Waals surface area contributed by atoms with Crippen LogP contribution in [0.2, 0.25) is 0 Å². The fraction of sp³-hybridized carbons (Fsp3) is 0.300. The zero-order chi connectivity index (χ0) is 21.1. The lowest BCUT2D eigenvalue weighted by Crippen LogP contribution is -2.60. The molecule has 0 radical (unpaired) electrons. The number of phenolic OH excluding ortho intramolecular Hbond substituents is 3. The molecule has 0 aliphatic carbocycles. The molecule has 0 bridgehead atoms. The molecule has 1 fully saturated rings. The fourth-order valence-electron chi connectivity index (χ4n) is 2.92. The van der Waals surface area contributed by atoms with E-state index in [-0.39, 0.29) is 22.8 Å². The van der Waals surface area contributed by atoms with E-state index in [1.807, 2.05) is 0 Å². The van der Waals surface area contributed by atoms with Gasteiger partial charge in [0.1, 0.15) is 35.9 Å². The van der Waals surface area contributed by atoms with Gasteiger partial charge < -0.3 is 45.2 Å². The lowest BCUT2D eigenvalue weighted by molar-refractivity contribution is -0.277. The SMILES string of the molecule is OC[C@@H]1O[C@@H](Oc2c(O)cc(O)cc2/C=C/c2ccc(O)cc2)[C@@H](O)[C@H](O)[C@@H]1O. The molecule has 2 aromatic rings. The van der Waals surface area contributed by atoms with Crippen LogP contribution in [0.1, 0.15) is 11.1 Å². The normalized spacial score (nSPS) is 27.2. The Bertz CT molecular complexity index is 863. The van der Waals surface area contributed by atoms with E-state index in [0.29, 0.717) is 5.56 Å². The molecule has 5 atom stereocenters. The number of hydrogen-bond donors (Lipinski definition) is 7. The van der Waals surface area contributed by atoms with Crippen molar-refractivity contribution in [3.8, 4) is 23.0 Å². The van der Waals surface area contributed by atoms with E-state index in [1.165, 1.54) is 24.3 Å². The molecule has 1 saturated heterocycles. The standard InChI is InChI=1S/C20H22O9/c21-9-15-16(25)17(26)18(27)20(28-15)29-19-11(7-13(23)8-14(19)24)4-1-10-2-5-12(22)6-3-10/h1-8,15-18,20-27H,9H2/b4-1+/t15-,16+,17+,18-,20-/m0/s1. The maximum Gasteiger partial charge on any atom is 0.229 e. The van der Waals surface area contributed by atoms with Crippen LogP contribution in [-0.4, -0.2) is 73.1 Å². The summed E-state index contributed by atoms with van der Waals surface area (Å²) in [5, 5.41) is 68.5. The third-order valence-corrected chi connectivity index (χ3v) is 4.51. The van der Waals surface area contributed by atoms with Gasteiger partial charge in [-0.05, 0) is 23.8 Å². The molecular formula is C20H22O9. The Morgan fingerprint density at radius 3 is 2.21 bits per heavy atom. The van der Waals surface area contributed by atoms with Crippen LogP contribution in [0, 0.1) is 0 Å². The topological polar surface area (TPSA) is 160 Å². The second kappa shape index (κ2) is 8.68. The molecule has 0 aromatic heterocycles. The highest BCUT2D eigenvalue weighted by atomic mass is 16.7. The molecule has 29 heavy (non-hydrogen) atoms. The van der Waals surface area contributed by atoms with Gasteiger partial charge in [0.2, 0.25) is 6.29 Å². The number of aromatic hydroxyl groups is 3. The largest absolute Gasteiger partial charge is 0.508 e. The summed E-state index contributed by atoms with van der Waals surface area (Å²) in [6.07, 6.45) is -4.36. The van der Waals surface area contributed by atoms with Gasteiger partial charge >= 0.3 is 0 Å². The molecule has 9 heteroatoms. The molecule has 1 aliphatic rings. The lowest BCUT2D eigenvalue weighted by Gasteiger charge is -2.39. The van der Waals surface area contributed by atoms with Crippen molar-refractivity contribution in [2.45, 2.75) is 30.7 Å². The molecule has 0 saturated carbocycles. The second-order valence-electron chi connectivity index (χ2n) is 6.62. The molecule has 2 aromatic carbocycles. The number of phenols is 3. The van der Waals surface area contributed by atoms with Gasteiger partial charge in [-0.3, -0.25) is 0 Å². The average Bonchev–Trinajstić information content (AvgIpc) is 2.69. The molecule has 0 amide bonds. The molecule has 0 spiro atoms. The van der Waals surface area contributed by atoms with Crippen LogP contribution in [0.15, 0.2) is 36.4 Å². The molecule has 156 valence electrons. The first-order valence-corrected chi connectivity index (χ1v) is 8.80. The zero-order valence-corrected chi connectivity index (χ0v) is 15.2. The first-order valence-electron chi connectivity index (χ1n) is 8.80. The van der Waals surface area contributed by atoms with Crippen LogP contribution in [0.4, 0.5) is 0 Å². The zero-order valence-electron chi connectivity index (χ0n) is 15.2. The lowest BCUT2D eigenvalue weighted by atomic mass is 9.99. The number of rotatable bonds is 5. The summed E-state index contributed by atoms with van der Waals surface area (Å²) >= 11 is 0. The van der Waals surface area contributed by atoms with Crippen molar-refractivity contribution in [2.75, 3.05) is 6.61 Å². The minimum Gasteiger partial charge on any atom is -0.508 e. The predicted octanol–water partition coefficient (Wildman–Crippen LogP) is 0.152. The van der Waals surface area contributed by atoms with Crippen molar-refractivity contribution >= 4 is 12.2 Å². The molecule has 1 aliphatic heterocycles. The maximum atomic E-state index is 10.2. The van der Waals surface area contributed by atoms with E-state index >= 15 is 0 Å². The number of benzene rings is 2. The van der Waals surface area contributed by atoms with E-state index in [4.69, 9.17) is 9.47 Å². The summed E-state index contributed by atoms with van der Waals surface area (Å²) in [7, 11) is 0. The molecular weight excluding hydrogens is 384 g/mol. The fourth-order valence-corrected chi connectivity index (χ4v) is 2.92. The molecule has 7 N–H and O–H groups in total. The van der Waals surface area contributed by atoms with Gasteiger partial charge in [-0.1, -0.05) is 24.3 Å². The number of hydrogen-bond acceptors (Lipinski definition) is 9. The summed E-state index contributed by atoms with van der Waals surface area (Å²) in [5.41, 5.74) is 0.942. The Balaban J connectivity index is 1.89. The highest BCUT2D eigenvalue weighted by molar-refractivity contribution is 5.75. The van der Waals surface area contributed by atoms with Crippen LogP contribution in [0.3, 0.4) is 0 Å². The number of ether oxygens (including phenoxy) is 2. The van der Waals surface area contributed by atoms with Gasteiger partial charge in [0, 0.05) is 11.6 Å². The monoisotopic (exact) mass is 406 g/mol. The minimum atomic E-state index is -1.66. The predicted molar refractivity (Wildman–Crippen MR) is 101 cm³/mol. The smallest absolute Gasteiger partial charge is 0.229 e. The van der Waals surface area contributed by atoms with E-state index in [2.05, 4.69) is 0 Å². The first-order chi connectivity index (χ1) is 13.8. The van der Waals surface area contributed by atoms with Crippen molar-refractivity contribution in [1.29, 1.82) is 0 Å². The van der Waals surface area contributed by atoms with Crippen LogP contribution in [-0.2, 0) is 4.74 Å². The first kappa shape index (κ1) is 20.9. The number of aliphatic hydroxyl groups excluding tert-OH is 4. The summed E-state index contributed by atoms with van der Waals surface area (Å²) in [5.74, 6) is -0.743. The van der Waals surface area contributed by atoms with E-state index in [9.17, 15) is 35.7 Å². The highest BCUT2D eigenvalue weighted by Crippen LogP contribution is 2.38. The quantitative estimate of drug-likeness (QED) is 0.343. The van der Waals surface area contributed by atoms with E-state index in [1.54, 1.807) is 18.2 Å². The molecule has 1 heterocycles. The van der Waals surface area contributed by atoms with Crippen molar-refractivity contribution in [2.24, 2.45) is 0 Å². The van der Waals surface area contributed by atoms with Gasteiger partial charge in [0.15, 0.2) is 11.5 Å². The Morgan fingerprint density at radius 1 is 0.862 bits per heavy atom. The third kappa shape index (κ3) is 4.61. The van der Waals surface area contributed by atoms with E-state index < -0.39 is 43.1 Å². The van der Waals surface area contributed by atoms with Crippen LogP contribution in [0.5, 0.6) is 23.0 Å². The van der Waals surface area contributed by atoms with Crippen LogP contribution < -0.4 is 4.74 Å². The summed E-state index contributed by atoms with van der Waals surface area (Å²) in [6.45, 7) is -0.625.